The summed E-state index contributed by atoms with van der Waals surface area (Å²) >= 11 is 0. The summed E-state index contributed by atoms with van der Waals surface area (Å²) < 4.78 is 0. The van der Waals surface area contributed by atoms with Crippen molar-refractivity contribution in [3.05, 3.63) is 48.0 Å². The van der Waals surface area contributed by atoms with Crippen LogP contribution in [0.15, 0.2) is 42.5 Å². The molecule has 0 aromatic heterocycles. The van der Waals surface area contributed by atoms with Crippen LogP contribution < -0.4 is 5.32 Å². The molecule has 0 aliphatic carbocycles. The highest BCUT2D eigenvalue weighted by molar-refractivity contribution is 5.83. The molecule has 2 atom stereocenters. The van der Waals surface area contributed by atoms with Crippen LogP contribution in [0.2, 0.25) is 0 Å². The molecule has 0 bridgehead atoms. The molecule has 0 saturated carbocycles. The Kier molecular flexibility index (Phi) is 4.34. The number of hydrogen-bond acceptors (Lipinski definition) is 2. The Bertz CT molecular complexity index is 509. The first-order valence-electron chi connectivity index (χ1n) is 6.61. The van der Waals surface area contributed by atoms with Crippen LogP contribution in [0.3, 0.4) is 0 Å². The molecule has 0 unspecified atom stereocenters. The van der Waals surface area contributed by atoms with Gasteiger partial charge < -0.3 is 10.4 Å². The van der Waals surface area contributed by atoms with Crippen molar-refractivity contribution >= 4 is 10.8 Å². The van der Waals surface area contributed by atoms with Gasteiger partial charge in [-0.15, -0.1) is 0 Å². The van der Waals surface area contributed by atoms with Crippen LogP contribution in [0.25, 0.3) is 10.8 Å². The topological polar surface area (TPSA) is 32.3 Å². The van der Waals surface area contributed by atoms with Gasteiger partial charge in [0, 0.05) is 12.6 Å². The molecule has 0 saturated heterocycles. The van der Waals surface area contributed by atoms with E-state index in [2.05, 4.69) is 43.4 Å². The Morgan fingerprint density at radius 2 is 1.83 bits per heavy atom. The van der Waals surface area contributed by atoms with Crippen molar-refractivity contribution in [3.8, 4) is 0 Å². The molecular weight excluding hydrogens is 222 g/mol. The van der Waals surface area contributed by atoms with Gasteiger partial charge in [-0.05, 0) is 35.7 Å². The predicted octanol–water partition coefficient (Wildman–Crippen LogP) is 3.26. The van der Waals surface area contributed by atoms with E-state index in [0.29, 0.717) is 12.6 Å². The lowest BCUT2D eigenvalue weighted by atomic mass is 10.0. The summed E-state index contributed by atoms with van der Waals surface area (Å²) in [6, 6.07) is 14.8. The fourth-order valence-electron chi connectivity index (χ4n) is 1.99. The smallest absolute Gasteiger partial charge is 0.0914 e. The van der Waals surface area contributed by atoms with Gasteiger partial charge in [-0.3, -0.25) is 0 Å². The molecule has 0 aliphatic heterocycles. The Morgan fingerprint density at radius 1 is 1.11 bits per heavy atom. The SMILES string of the molecule is CC[C@H](C)NC[C@H](O)c1ccc2ccccc2c1. The number of benzene rings is 2. The Hall–Kier alpha value is -1.38. The van der Waals surface area contributed by atoms with Gasteiger partial charge in [-0.25, -0.2) is 0 Å². The van der Waals surface area contributed by atoms with Crippen LogP contribution in [0, 0.1) is 0 Å². The fourth-order valence-corrected chi connectivity index (χ4v) is 1.99. The molecule has 2 N–H and O–H groups in total. The molecule has 18 heavy (non-hydrogen) atoms. The number of nitrogens with one attached hydrogen (secondary N) is 1. The number of aliphatic hydroxyl groups excluding tert-OH is 1. The highest BCUT2D eigenvalue weighted by Gasteiger charge is 2.09. The number of rotatable bonds is 5. The largest absolute Gasteiger partial charge is 0.387 e. The van der Waals surface area contributed by atoms with Crippen LogP contribution >= 0.6 is 0 Å². The lowest BCUT2D eigenvalue weighted by molar-refractivity contribution is 0.170. The van der Waals surface area contributed by atoms with E-state index in [-0.39, 0.29) is 0 Å². The summed E-state index contributed by atoms with van der Waals surface area (Å²) in [4.78, 5) is 0. The normalized spacial score (nSPS) is 14.6. The van der Waals surface area contributed by atoms with Crippen LogP contribution in [-0.2, 0) is 0 Å². The van der Waals surface area contributed by atoms with E-state index in [0.717, 1.165) is 12.0 Å². The lowest BCUT2D eigenvalue weighted by Crippen LogP contribution is -2.29. The zero-order chi connectivity index (χ0) is 13.0. The molecule has 0 amide bonds. The second kappa shape index (κ2) is 5.98. The van der Waals surface area contributed by atoms with E-state index in [1.807, 2.05) is 18.2 Å². The van der Waals surface area contributed by atoms with Crippen LogP contribution in [0.5, 0.6) is 0 Å². The molecule has 2 aromatic rings. The lowest BCUT2D eigenvalue weighted by Gasteiger charge is -2.16. The van der Waals surface area contributed by atoms with Crippen molar-refractivity contribution in [3.63, 3.8) is 0 Å². The predicted molar refractivity (Wildman–Crippen MR) is 76.7 cm³/mol. The molecular formula is C16H21NO. The fraction of sp³-hybridized carbons (Fsp3) is 0.375. The van der Waals surface area contributed by atoms with E-state index < -0.39 is 6.10 Å². The van der Waals surface area contributed by atoms with E-state index in [1.54, 1.807) is 0 Å². The average molecular weight is 243 g/mol. The minimum absolute atomic E-state index is 0.441. The van der Waals surface area contributed by atoms with Gasteiger partial charge in [0.2, 0.25) is 0 Å². The van der Waals surface area contributed by atoms with Gasteiger partial charge >= 0.3 is 0 Å². The third kappa shape index (κ3) is 3.09. The van der Waals surface area contributed by atoms with Crippen LogP contribution in [0.4, 0.5) is 0 Å². The second-order valence-corrected chi connectivity index (χ2v) is 4.84. The van der Waals surface area contributed by atoms with Gasteiger partial charge in [0.25, 0.3) is 0 Å². The number of aliphatic hydroxyl groups is 1. The molecule has 0 spiro atoms. The summed E-state index contributed by atoms with van der Waals surface area (Å²) in [5, 5.41) is 15.9. The Morgan fingerprint density at radius 3 is 2.56 bits per heavy atom. The van der Waals surface area contributed by atoms with Crippen molar-refractivity contribution < 1.29 is 5.11 Å². The van der Waals surface area contributed by atoms with E-state index in [4.69, 9.17) is 0 Å². The maximum Gasteiger partial charge on any atom is 0.0914 e. The minimum Gasteiger partial charge on any atom is -0.387 e. The van der Waals surface area contributed by atoms with E-state index in [9.17, 15) is 5.11 Å². The van der Waals surface area contributed by atoms with Crippen molar-refractivity contribution in [1.29, 1.82) is 0 Å². The average Bonchev–Trinajstić information content (AvgIpc) is 2.43. The van der Waals surface area contributed by atoms with Gasteiger partial charge in [-0.2, -0.15) is 0 Å². The summed E-state index contributed by atoms with van der Waals surface area (Å²) in [6.07, 6.45) is 0.633. The van der Waals surface area contributed by atoms with Crippen LogP contribution in [0.1, 0.15) is 31.9 Å². The molecule has 2 heteroatoms. The van der Waals surface area contributed by atoms with E-state index in [1.165, 1.54) is 10.8 Å². The first kappa shape index (κ1) is 13.1. The molecule has 2 aromatic carbocycles. The summed E-state index contributed by atoms with van der Waals surface area (Å²) in [5.74, 6) is 0. The standard InChI is InChI=1S/C16H21NO/c1-3-12(2)17-11-16(18)15-9-8-13-6-4-5-7-14(13)10-15/h4-10,12,16-18H,3,11H2,1-2H3/t12-,16-/m0/s1. The third-order valence-electron chi connectivity index (χ3n) is 3.43. The van der Waals surface area contributed by atoms with Gasteiger partial charge in [0.05, 0.1) is 6.10 Å². The van der Waals surface area contributed by atoms with Gasteiger partial charge in [-0.1, -0.05) is 43.3 Å². The molecule has 0 aliphatic rings. The van der Waals surface area contributed by atoms with Crippen molar-refractivity contribution in [1.82, 2.24) is 5.32 Å². The van der Waals surface area contributed by atoms with E-state index >= 15 is 0 Å². The second-order valence-electron chi connectivity index (χ2n) is 4.84. The first-order chi connectivity index (χ1) is 8.70. The molecule has 96 valence electrons. The Balaban J connectivity index is 2.10. The number of fused-ring (bicyclic) bond motifs is 1. The number of hydrogen-bond donors (Lipinski definition) is 2. The van der Waals surface area contributed by atoms with Crippen molar-refractivity contribution in [2.75, 3.05) is 6.54 Å². The molecule has 0 fully saturated rings. The van der Waals surface area contributed by atoms with Crippen LogP contribution in [-0.4, -0.2) is 17.7 Å². The highest BCUT2D eigenvalue weighted by Crippen LogP contribution is 2.20. The molecule has 0 heterocycles. The minimum atomic E-state index is -0.441. The van der Waals surface area contributed by atoms with Crippen molar-refractivity contribution in [2.24, 2.45) is 0 Å². The maximum atomic E-state index is 10.2. The zero-order valence-corrected chi connectivity index (χ0v) is 11.1. The Labute approximate surface area is 109 Å². The highest BCUT2D eigenvalue weighted by atomic mass is 16.3. The van der Waals surface area contributed by atoms with Crippen molar-refractivity contribution in [2.45, 2.75) is 32.4 Å². The first-order valence-corrected chi connectivity index (χ1v) is 6.61. The summed E-state index contributed by atoms with van der Waals surface area (Å²) in [5.41, 5.74) is 0.976. The van der Waals surface area contributed by atoms with Gasteiger partial charge in [0.1, 0.15) is 0 Å². The zero-order valence-electron chi connectivity index (χ0n) is 11.1. The summed E-state index contributed by atoms with van der Waals surface area (Å²) in [6.45, 7) is 4.88. The molecule has 0 radical (unpaired) electrons. The van der Waals surface area contributed by atoms with Gasteiger partial charge in [0.15, 0.2) is 0 Å². The molecule has 2 nitrogen and oxygen atoms in total. The summed E-state index contributed by atoms with van der Waals surface area (Å²) in [7, 11) is 0. The molecule has 2 rings (SSSR count). The maximum absolute atomic E-state index is 10.2. The monoisotopic (exact) mass is 243 g/mol. The quantitative estimate of drug-likeness (QED) is 0.844. The third-order valence-corrected chi connectivity index (χ3v) is 3.43.